The van der Waals surface area contributed by atoms with Gasteiger partial charge in [-0.25, -0.2) is 18.6 Å². The minimum atomic E-state index is -2.25. The summed E-state index contributed by atoms with van der Waals surface area (Å²) in [7, 11) is -0.708. The van der Waals surface area contributed by atoms with Crippen LogP contribution in [0.25, 0.3) is 10.9 Å². The van der Waals surface area contributed by atoms with Crippen molar-refractivity contribution in [2.75, 3.05) is 37.1 Å². The molecule has 4 atom stereocenters. The van der Waals surface area contributed by atoms with E-state index in [1.54, 1.807) is 19.2 Å². The van der Waals surface area contributed by atoms with E-state index in [0.717, 1.165) is 12.0 Å². The van der Waals surface area contributed by atoms with Gasteiger partial charge in [0.15, 0.2) is 6.10 Å². The molecule has 3 fully saturated rings. The van der Waals surface area contributed by atoms with Crippen LogP contribution in [0.4, 0.5) is 21.6 Å². The van der Waals surface area contributed by atoms with E-state index in [1.165, 1.54) is 18.5 Å². The lowest BCUT2D eigenvalue weighted by Crippen LogP contribution is -2.34. The number of aryl methyl sites for hydroxylation is 1. The summed E-state index contributed by atoms with van der Waals surface area (Å²) in [6.45, 7) is 2.24. The molecule has 37 heavy (non-hydrogen) atoms. The van der Waals surface area contributed by atoms with Crippen LogP contribution in [-0.2, 0) is 19.2 Å². The Bertz CT molecular complexity index is 1480. The molecule has 3 aliphatic rings. The number of aliphatic hydroxyl groups is 1. The van der Waals surface area contributed by atoms with E-state index in [2.05, 4.69) is 19.6 Å². The highest BCUT2D eigenvalue weighted by Gasteiger charge is 2.48. The molecule has 196 valence electrons. The molecule has 0 spiro atoms. The van der Waals surface area contributed by atoms with Crippen LogP contribution in [0.5, 0.6) is 11.5 Å². The van der Waals surface area contributed by atoms with Crippen molar-refractivity contribution >= 4 is 37.8 Å². The molecule has 3 aliphatic heterocycles. The van der Waals surface area contributed by atoms with Crippen molar-refractivity contribution in [2.24, 2.45) is 4.36 Å². The standard InChI is InChI=1S/C25H27FN4O6S/c1-13-21-16(9-17(22(13)33-2)30-37(32)6-3-7-37)27-12-28-25(21)29-15-5-4-14(26)8-19(15)36-20-11-35-23-18(31)10-34-24(20)23/h4-5,8-9,12,18,20,23-24,31H,3,6-7,10-11H2,1-2H3,(H,27,28,29)/t18-,20-,23-,24-/m1/s1. The lowest BCUT2D eigenvalue weighted by atomic mass is 10.1. The first-order valence-electron chi connectivity index (χ1n) is 12.0. The average Bonchev–Trinajstić information content (AvgIpc) is 3.43. The Morgan fingerprint density at radius 2 is 2.00 bits per heavy atom. The second-order valence-corrected chi connectivity index (χ2v) is 11.9. The minimum absolute atomic E-state index is 0.167. The van der Waals surface area contributed by atoms with Gasteiger partial charge in [0.25, 0.3) is 0 Å². The Morgan fingerprint density at radius 3 is 2.76 bits per heavy atom. The zero-order valence-electron chi connectivity index (χ0n) is 20.3. The molecule has 0 bridgehead atoms. The van der Waals surface area contributed by atoms with E-state index in [-0.39, 0.29) is 19.0 Å². The molecule has 0 radical (unpaired) electrons. The quantitative estimate of drug-likeness (QED) is 0.494. The van der Waals surface area contributed by atoms with E-state index in [0.29, 0.717) is 45.4 Å². The van der Waals surface area contributed by atoms with Crippen molar-refractivity contribution < 1.29 is 32.7 Å². The van der Waals surface area contributed by atoms with Gasteiger partial charge in [0, 0.05) is 28.5 Å². The fourth-order valence-corrected chi connectivity index (χ4v) is 6.45. The van der Waals surface area contributed by atoms with Gasteiger partial charge >= 0.3 is 0 Å². The maximum atomic E-state index is 14.2. The van der Waals surface area contributed by atoms with Gasteiger partial charge in [-0.1, -0.05) is 0 Å². The number of ether oxygens (including phenoxy) is 4. The van der Waals surface area contributed by atoms with Crippen molar-refractivity contribution in [3.8, 4) is 11.5 Å². The first-order chi connectivity index (χ1) is 17.8. The van der Waals surface area contributed by atoms with Crippen molar-refractivity contribution in [1.82, 2.24) is 9.97 Å². The van der Waals surface area contributed by atoms with Crippen LogP contribution in [0, 0.1) is 12.7 Å². The topological polar surface area (TPSA) is 124 Å². The summed E-state index contributed by atoms with van der Waals surface area (Å²) in [4.78, 5) is 8.84. The van der Waals surface area contributed by atoms with Gasteiger partial charge in [-0.15, -0.1) is 0 Å². The van der Waals surface area contributed by atoms with Crippen molar-refractivity contribution in [1.29, 1.82) is 0 Å². The third-order valence-electron chi connectivity index (χ3n) is 6.95. The van der Waals surface area contributed by atoms with Crippen molar-refractivity contribution in [3.05, 3.63) is 42.0 Å². The molecule has 1 aromatic heterocycles. The van der Waals surface area contributed by atoms with Crippen LogP contribution in [0.3, 0.4) is 0 Å². The molecule has 3 aromatic rings. The first-order valence-corrected chi connectivity index (χ1v) is 13.9. The predicted molar refractivity (Wildman–Crippen MR) is 135 cm³/mol. The number of benzene rings is 2. The van der Waals surface area contributed by atoms with Gasteiger partial charge in [0.2, 0.25) is 0 Å². The summed E-state index contributed by atoms with van der Waals surface area (Å²) in [6.07, 6.45) is 0.180. The van der Waals surface area contributed by atoms with E-state index in [4.69, 9.17) is 18.9 Å². The molecule has 3 saturated heterocycles. The number of fused-ring (bicyclic) bond motifs is 2. The van der Waals surface area contributed by atoms with E-state index in [9.17, 15) is 13.7 Å². The zero-order chi connectivity index (χ0) is 25.7. The van der Waals surface area contributed by atoms with Crippen LogP contribution in [0.1, 0.15) is 12.0 Å². The zero-order valence-corrected chi connectivity index (χ0v) is 21.2. The number of nitrogens with one attached hydrogen (secondary N) is 1. The molecular formula is C25H27FN4O6S. The summed E-state index contributed by atoms with van der Waals surface area (Å²) in [5.74, 6) is 1.91. The molecule has 6 rings (SSSR count). The predicted octanol–water partition coefficient (Wildman–Crippen LogP) is 3.24. The lowest BCUT2D eigenvalue weighted by molar-refractivity contribution is 0.00871. The molecule has 10 nitrogen and oxygen atoms in total. The molecule has 4 heterocycles. The second-order valence-electron chi connectivity index (χ2n) is 9.38. The van der Waals surface area contributed by atoms with Crippen LogP contribution >= 0.6 is 0 Å². The van der Waals surface area contributed by atoms with Crippen molar-refractivity contribution in [3.63, 3.8) is 0 Å². The second kappa shape index (κ2) is 9.35. The van der Waals surface area contributed by atoms with Gasteiger partial charge in [-0.05, 0) is 31.5 Å². The maximum Gasteiger partial charge on any atom is 0.151 e. The highest BCUT2D eigenvalue weighted by Crippen LogP contribution is 2.42. The Morgan fingerprint density at radius 1 is 1.19 bits per heavy atom. The van der Waals surface area contributed by atoms with Crippen LogP contribution < -0.4 is 14.8 Å². The number of nitrogens with zero attached hydrogens (tertiary/aromatic N) is 3. The number of aromatic nitrogens is 2. The van der Waals surface area contributed by atoms with Gasteiger partial charge in [-0.3, -0.25) is 0 Å². The van der Waals surface area contributed by atoms with Gasteiger partial charge in [0.1, 0.15) is 53.5 Å². The molecular weight excluding hydrogens is 503 g/mol. The highest BCUT2D eigenvalue weighted by molar-refractivity contribution is 7.95. The summed E-state index contributed by atoms with van der Waals surface area (Å²) in [5.41, 5.74) is 2.31. The number of hydrogen-bond donors (Lipinski definition) is 2. The Kier molecular flexibility index (Phi) is 6.14. The first kappa shape index (κ1) is 24.3. The number of anilines is 2. The molecule has 12 heteroatoms. The largest absolute Gasteiger partial charge is 0.494 e. The minimum Gasteiger partial charge on any atom is -0.494 e. The average molecular weight is 531 g/mol. The molecule has 0 aliphatic carbocycles. The van der Waals surface area contributed by atoms with E-state index < -0.39 is 40.0 Å². The fourth-order valence-electron chi connectivity index (χ4n) is 4.99. The van der Waals surface area contributed by atoms with Crippen LogP contribution in [0.15, 0.2) is 35.0 Å². The molecule has 2 aromatic carbocycles. The molecule has 0 saturated carbocycles. The summed E-state index contributed by atoms with van der Waals surface area (Å²) < 4.78 is 54.6. The SMILES string of the molecule is COc1c(N=S2(=O)CCC2)cc2ncnc(Nc3ccc(F)cc3O[C@@H]3CO[C@H]4[C@@H]3OC[C@H]4O)c2c1C. The number of aliphatic hydroxyl groups excluding tert-OH is 1. The van der Waals surface area contributed by atoms with Crippen molar-refractivity contribution in [2.45, 2.75) is 37.8 Å². The lowest BCUT2D eigenvalue weighted by Gasteiger charge is -2.21. The number of methoxy groups -OCH3 is 1. The van der Waals surface area contributed by atoms with Crippen LogP contribution in [0.2, 0.25) is 0 Å². The van der Waals surface area contributed by atoms with Gasteiger partial charge < -0.3 is 29.4 Å². The maximum absolute atomic E-state index is 14.2. The highest BCUT2D eigenvalue weighted by atomic mass is 32.2. The smallest absolute Gasteiger partial charge is 0.151 e. The molecule has 0 unspecified atom stereocenters. The van der Waals surface area contributed by atoms with E-state index >= 15 is 0 Å². The number of halogens is 1. The van der Waals surface area contributed by atoms with Crippen LogP contribution in [-0.4, -0.2) is 75.5 Å². The number of rotatable bonds is 6. The Hall–Kier alpha value is -3.06. The van der Waals surface area contributed by atoms with Gasteiger partial charge in [-0.2, -0.15) is 4.36 Å². The van der Waals surface area contributed by atoms with Gasteiger partial charge in [0.05, 0.1) is 41.3 Å². The molecule has 2 N–H and O–H groups in total. The molecule has 0 amide bonds. The summed E-state index contributed by atoms with van der Waals surface area (Å²) in [5, 5.41) is 14.0. The summed E-state index contributed by atoms with van der Waals surface area (Å²) in [6, 6.07) is 5.92. The third-order valence-corrected chi connectivity index (χ3v) is 9.33. The van der Waals surface area contributed by atoms with E-state index in [1.807, 2.05) is 6.92 Å². The third kappa shape index (κ3) is 4.37. The Labute approximate surface area is 213 Å². The fraction of sp³-hybridized carbons (Fsp3) is 0.440. The monoisotopic (exact) mass is 530 g/mol. The number of hydrogen-bond acceptors (Lipinski definition) is 10. The normalized spacial score (nSPS) is 25.9. The summed E-state index contributed by atoms with van der Waals surface area (Å²) >= 11 is 0. The Balaban J connectivity index is 1.37.